The summed E-state index contributed by atoms with van der Waals surface area (Å²) in [4.78, 5) is 39.0. The first kappa shape index (κ1) is 27.1. The molecule has 4 N–H and O–H groups in total. The average Bonchev–Trinajstić information content (AvgIpc) is 3.52. The maximum Gasteiger partial charge on any atom is 0.407 e. The Kier molecular flexibility index (Phi) is 7.66. The third-order valence-electron chi connectivity index (χ3n) is 7.30. The molecule has 37 heavy (non-hydrogen) atoms. The highest BCUT2D eigenvalue weighted by Crippen LogP contribution is 2.45. The summed E-state index contributed by atoms with van der Waals surface area (Å²) in [5, 5.41) is 2.92. The third-order valence-corrected chi connectivity index (χ3v) is 7.30. The Balaban J connectivity index is 1.56. The predicted molar refractivity (Wildman–Crippen MR) is 137 cm³/mol. The minimum atomic E-state index is -0.585. The van der Waals surface area contributed by atoms with Crippen LogP contribution in [-0.2, 0) is 9.53 Å². The van der Waals surface area contributed by atoms with E-state index in [1.807, 2.05) is 40.0 Å². The molecule has 11 heteroatoms. The van der Waals surface area contributed by atoms with Gasteiger partial charge in [0.1, 0.15) is 17.2 Å². The van der Waals surface area contributed by atoms with Gasteiger partial charge in [-0.25, -0.2) is 15.0 Å². The molecule has 3 aliphatic rings. The standard InChI is InChI=1S/C26H38FN5O5/c1-14-23-18(20(36-13-21(33)30-28)11-22(34)32(23)17-6-7-17)10-19(27)24(14)31-9-8-16(12-31)15(2)29-25(35)37-26(3,4)5/h10-11,14-17,24H,6-9,12-13,28H2,1-5H3,(H,29,35)(H,30,33)/t14?,15-,16?,24?/m0/s1. The molecule has 1 aromatic rings. The molecule has 4 atom stereocenters. The Morgan fingerprint density at radius 3 is 2.59 bits per heavy atom. The van der Waals surface area contributed by atoms with Crippen molar-refractivity contribution in [2.75, 3.05) is 19.7 Å². The van der Waals surface area contributed by atoms with E-state index in [0.717, 1.165) is 25.0 Å². The van der Waals surface area contributed by atoms with Crippen molar-refractivity contribution in [3.63, 3.8) is 0 Å². The molecular formula is C26H38FN5O5. The van der Waals surface area contributed by atoms with Crippen LogP contribution < -0.4 is 26.9 Å². The normalized spacial score (nSPS) is 24.6. The van der Waals surface area contributed by atoms with Gasteiger partial charge in [0, 0.05) is 41.9 Å². The molecule has 1 aromatic heterocycles. The molecule has 0 spiro atoms. The van der Waals surface area contributed by atoms with E-state index in [1.54, 1.807) is 4.57 Å². The molecule has 1 aliphatic heterocycles. The van der Waals surface area contributed by atoms with Gasteiger partial charge < -0.3 is 19.4 Å². The first-order valence-corrected chi connectivity index (χ1v) is 12.9. The van der Waals surface area contributed by atoms with Gasteiger partial charge in [-0.15, -0.1) is 0 Å². The van der Waals surface area contributed by atoms with Crippen LogP contribution in [0.4, 0.5) is 9.18 Å². The van der Waals surface area contributed by atoms with Crippen molar-refractivity contribution in [2.24, 2.45) is 11.8 Å². The number of ether oxygens (including phenoxy) is 2. The zero-order valence-corrected chi connectivity index (χ0v) is 22.2. The highest BCUT2D eigenvalue weighted by molar-refractivity contribution is 5.77. The van der Waals surface area contributed by atoms with E-state index in [9.17, 15) is 14.4 Å². The number of aromatic nitrogens is 1. The number of halogens is 1. The van der Waals surface area contributed by atoms with E-state index in [4.69, 9.17) is 15.3 Å². The maximum absolute atomic E-state index is 15.7. The van der Waals surface area contributed by atoms with Crippen molar-refractivity contribution in [3.05, 3.63) is 33.5 Å². The van der Waals surface area contributed by atoms with Crippen LogP contribution in [0.25, 0.3) is 6.08 Å². The summed E-state index contributed by atoms with van der Waals surface area (Å²) in [6.45, 7) is 10.2. The lowest BCUT2D eigenvalue weighted by atomic mass is 9.86. The van der Waals surface area contributed by atoms with Gasteiger partial charge in [0.25, 0.3) is 11.5 Å². The Labute approximate surface area is 216 Å². The van der Waals surface area contributed by atoms with Crippen molar-refractivity contribution >= 4 is 18.1 Å². The molecule has 1 saturated heterocycles. The molecule has 204 valence electrons. The zero-order chi connectivity index (χ0) is 27.1. The number of hydrogen-bond acceptors (Lipinski definition) is 7. The number of carbonyl (C=O) groups excluding carboxylic acids is 2. The number of amides is 2. The van der Waals surface area contributed by atoms with Crippen molar-refractivity contribution in [3.8, 4) is 5.75 Å². The van der Waals surface area contributed by atoms with Crippen molar-refractivity contribution in [1.29, 1.82) is 0 Å². The monoisotopic (exact) mass is 519 g/mol. The SMILES string of the molecule is CC1c2c(c(OCC(=O)NN)cc(=O)n2C2CC2)C=C(F)C1N1CCC([C@H](C)NC(=O)OC(C)(C)C)C1. The molecule has 2 aliphatic carbocycles. The van der Waals surface area contributed by atoms with Crippen LogP contribution in [0.5, 0.6) is 5.75 Å². The second-order valence-electron chi connectivity index (χ2n) is 11.3. The highest BCUT2D eigenvalue weighted by atomic mass is 19.1. The Morgan fingerprint density at radius 1 is 1.27 bits per heavy atom. The van der Waals surface area contributed by atoms with E-state index in [0.29, 0.717) is 18.7 Å². The van der Waals surface area contributed by atoms with Crippen LogP contribution in [0.15, 0.2) is 16.7 Å². The van der Waals surface area contributed by atoms with Gasteiger partial charge in [-0.2, -0.15) is 0 Å². The predicted octanol–water partition coefficient (Wildman–Crippen LogP) is 2.58. The minimum absolute atomic E-state index is 0.0877. The lowest BCUT2D eigenvalue weighted by molar-refractivity contribution is -0.123. The zero-order valence-electron chi connectivity index (χ0n) is 22.2. The molecule has 1 saturated carbocycles. The number of nitrogens with two attached hydrogens (primary N) is 1. The summed E-state index contributed by atoms with van der Waals surface area (Å²) in [6.07, 6.45) is 3.56. The molecule has 0 bridgehead atoms. The van der Waals surface area contributed by atoms with E-state index >= 15 is 4.39 Å². The van der Waals surface area contributed by atoms with Crippen LogP contribution in [-0.4, -0.2) is 58.8 Å². The van der Waals surface area contributed by atoms with Gasteiger partial charge in [-0.05, 0) is 65.5 Å². The molecule has 3 unspecified atom stereocenters. The Bertz CT molecular complexity index is 1140. The molecule has 2 amide bonds. The van der Waals surface area contributed by atoms with Crippen LogP contribution in [0.2, 0.25) is 0 Å². The summed E-state index contributed by atoms with van der Waals surface area (Å²) in [6, 6.07) is 0.729. The molecule has 10 nitrogen and oxygen atoms in total. The van der Waals surface area contributed by atoms with Gasteiger partial charge >= 0.3 is 6.09 Å². The van der Waals surface area contributed by atoms with Gasteiger partial charge in [0.15, 0.2) is 6.61 Å². The summed E-state index contributed by atoms with van der Waals surface area (Å²) >= 11 is 0. The summed E-state index contributed by atoms with van der Waals surface area (Å²) < 4.78 is 28.5. The number of hydrazine groups is 1. The van der Waals surface area contributed by atoms with E-state index in [1.165, 1.54) is 12.1 Å². The number of nitrogens with one attached hydrogen (secondary N) is 2. The Morgan fingerprint density at radius 2 is 1.97 bits per heavy atom. The molecule has 2 heterocycles. The number of hydrogen-bond donors (Lipinski definition) is 3. The third kappa shape index (κ3) is 5.98. The van der Waals surface area contributed by atoms with Crippen molar-refractivity contribution < 1.29 is 23.5 Å². The molecule has 2 fully saturated rings. The lowest BCUT2D eigenvalue weighted by Gasteiger charge is -2.37. The first-order valence-electron chi connectivity index (χ1n) is 12.9. The fourth-order valence-corrected chi connectivity index (χ4v) is 5.45. The topological polar surface area (TPSA) is 128 Å². The van der Waals surface area contributed by atoms with E-state index < -0.39 is 23.6 Å². The lowest BCUT2D eigenvalue weighted by Crippen LogP contribution is -2.44. The second kappa shape index (κ2) is 10.4. The molecule has 0 aromatic carbocycles. The van der Waals surface area contributed by atoms with Crippen LogP contribution in [0, 0.1) is 5.92 Å². The average molecular weight is 520 g/mol. The van der Waals surface area contributed by atoms with Crippen molar-refractivity contribution in [2.45, 2.75) is 83.5 Å². The van der Waals surface area contributed by atoms with E-state index in [2.05, 4.69) is 10.2 Å². The van der Waals surface area contributed by atoms with Crippen LogP contribution in [0.3, 0.4) is 0 Å². The number of alkyl carbamates (subject to hydrolysis) is 1. The van der Waals surface area contributed by atoms with Gasteiger partial charge in [-0.3, -0.25) is 19.9 Å². The fourth-order valence-electron chi connectivity index (χ4n) is 5.45. The number of fused-ring (bicyclic) bond motifs is 1. The van der Waals surface area contributed by atoms with E-state index in [-0.39, 0.29) is 47.7 Å². The molecule has 4 rings (SSSR count). The van der Waals surface area contributed by atoms with Crippen LogP contribution in [0.1, 0.15) is 77.1 Å². The quantitative estimate of drug-likeness (QED) is 0.287. The largest absolute Gasteiger partial charge is 0.483 e. The second-order valence-corrected chi connectivity index (χ2v) is 11.3. The Hall–Kier alpha value is -2.92. The molecular weight excluding hydrogens is 481 g/mol. The number of nitrogens with zero attached hydrogens (tertiary/aromatic N) is 2. The van der Waals surface area contributed by atoms with Gasteiger partial charge in [-0.1, -0.05) is 6.92 Å². The summed E-state index contributed by atoms with van der Waals surface area (Å²) in [5.74, 6) is 4.25. The maximum atomic E-state index is 15.7. The summed E-state index contributed by atoms with van der Waals surface area (Å²) in [5.41, 5.74) is 2.41. The van der Waals surface area contributed by atoms with Gasteiger partial charge in [0.05, 0.1) is 6.04 Å². The number of likely N-dealkylation sites (tertiary alicyclic amines) is 1. The number of rotatable bonds is 7. The summed E-state index contributed by atoms with van der Waals surface area (Å²) in [7, 11) is 0. The number of pyridine rings is 1. The minimum Gasteiger partial charge on any atom is -0.483 e. The first-order chi connectivity index (χ1) is 17.4. The van der Waals surface area contributed by atoms with Crippen LogP contribution >= 0.6 is 0 Å². The van der Waals surface area contributed by atoms with Crippen molar-refractivity contribution in [1.82, 2.24) is 20.2 Å². The van der Waals surface area contributed by atoms with Gasteiger partial charge in [0.2, 0.25) is 0 Å². The fraction of sp³-hybridized carbons (Fsp3) is 0.654. The smallest absolute Gasteiger partial charge is 0.407 e. The highest BCUT2D eigenvalue weighted by Gasteiger charge is 2.42. The molecule has 0 radical (unpaired) electrons. The number of carbonyl (C=O) groups is 2.